The van der Waals surface area contributed by atoms with Crippen molar-refractivity contribution in [2.45, 2.75) is 57.8 Å². The van der Waals surface area contributed by atoms with Crippen LogP contribution in [0.3, 0.4) is 0 Å². The van der Waals surface area contributed by atoms with E-state index >= 15 is 0 Å². The van der Waals surface area contributed by atoms with Crippen molar-refractivity contribution in [3.8, 4) is 77.9 Å². The van der Waals surface area contributed by atoms with Crippen LogP contribution in [-0.2, 0) is 16.2 Å². The molecule has 0 heterocycles. The molecule has 0 bridgehead atoms. The Hall–Kier alpha value is -8.00. The molecule has 0 aromatic heterocycles. The summed E-state index contributed by atoms with van der Waals surface area (Å²) in [5.41, 5.74) is 29.1. The molecule has 10 aromatic carbocycles. The molecule has 336 valence electrons. The molecule has 10 aromatic rings. The average Bonchev–Trinajstić information content (AvgIpc) is 3.88. The highest BCUT2D eigenvalue weighted by molar-refractivity contribution is 5.92. The van der Waals surface area contributed by atoms with Gasteiger partial charge in [-0.15, -0.1) is 0 Å². The summed E-state index contributed by atoms with van der Waals surface area (Å²) in [7, 11) is 0. The second-order valence-electron chi connectivity index (χ2n) is 21.4. The number of anilines is 3. The summed E-state index contributed by atoms with van der Waals surface area (Å²) in [5, 5.41) is 0. The maximum atomic E-state index is 2.52. The molecule has 1 nitrogen and oxygen atoms in total. The SMILES string of the molecule is CC1(C)c2ccccc2-c2ccc(N(c3ccc4c(c3)C(C)(C)c3cc(-c5ccccc5)ccc3-4)c3ccc4c(c3)C(C)(C)c3cc(-c5ccc(-c6ccc(-c7ccccc7)cc6)cc5)ccc3-4)cc21. The van der Waals surface area contributed by atoms with Crippen molar-refractivity contribution in [1.29, 1.82) is 0 Å². The molecule has 0 N–H and O–H groups in total. The van der Waals surface area contributed by atoms with Crippen molar-refractivity contribution in [3.05, 3.63) is 258 Å². The van der Waals surface area contributed by atoms with Crippen LogP contribution in [0.25, 0.3) is 77.9 Å². The molecule has 70 heavy (non-hydrogen) atoms. The third-order valence-electron chi connectivity index (χ3n) is 16.3. The van der Waals surface area contributed by atoms with Crippen LogP contribution >= 0.6 is 0 Å². The van der Waals surface area contributed by atoms with E-state index in [4.69, 9.17) is 0 Å². The number of hydrogen-bond acceptors (Lipinski definition) is 1. The molecular formula is C69H55N. The Morgan fingerprint density at radius 1 is 0.214 bits per heavy atom. The largest absolute Gasteiger partial charge is 0.310 e. The van der Waals surface area contributed by atoms with Gasteiger partial charge in [-0.3, -0.25) is 0 Å². The highest BCUT2D eigenvalue weighted by Crippen LogP contribution is 2.56. The zero-order chi connectivity index (χ0) is 47.5. The molecule has 3 aliphatic rings. The number of hydrogen-bond donors (Lipinski definition) is 0. The molecule has 0 radical (unpaired) electrons. The first kappa shape index (κ1) is 42.1. The molecule has 13 rings (SSSR count). The topological polar surface area (TPSA) is 3.24 Å². The number of benzene rings is 10. The lowest BCUT2D eigenvalue weighted by Gasteiger charge is -2.31. The van der Waals surface area contributed by atoms with E-state index in [0.717, 1.165) is 0 Å². The normalized spacial score (nSPS) is 14.8. The minimum Gasteiger partial charge on any atom is -0.310 e. The van der Waals surface area contributed by atoms with Crippen LogP contribution in [0.4, 0.5) is 17.1 Å². The summed E-state index contributed by atoms with van der Waals surface area (Å²) in [4.78, 5) is 2.52. The van der Waals surface area contributed by atoms with Crippen LogP contribution in [0.1, 0.15) is 74.9 Å². The third-order valence-corrected chi connectivity index (χ3v) is 16.3. The smallest absolute Gasteiger partial charge is 0.0465 e. The van der Waals surface area contributed by atoms with Crippen molar-refractivity contribution >= 4 is 17.1 Å². The summed E-state index contributed by atoms with van der Waals surface area (Å²) in [5.74, 6) is 0. The van der Waals surface area contributed by atoms with E-state index in [0.29, 0.717) is 0 Å². The Labute approximate surface area is 413 Å². The summed E-state index contributed by atoms with van der Waals surface area (Å²) in [6.45, 7) is 14.4. The molecule has 0 atom stereocenters. The maximum Gasteiger partial charge on any atom is 0.0465 e. The summed E-state index contributed by atoms with van der Waals surface area (Å²) < 4.78 is 0. The fourth-order valence-electron chi connectivity index (χ4n) is 12.3. The first-order valence-electron chi connectivity index (χ1n) is 24.9. The van der Waals surface area contributed by atoms with Gasteiger partial charge in [-0.1, -0.05) is 217 Å². The highest BCUT2D eigenvalue weighted by Gasteiger charge is 2.40. The van der Waals surface area contributed by atoms with Crippen molar-refractivity contribution in [1.82, 2.24) is 0 Å². The number of fused-ring (bicyclic) bond motifs is 9. The van der Waals surface area contributed by atoms with Gasteiger partial charge in [0.25, 0.3) is 0 Å². The van der Waals surface area contributed by atoms with Gasteiger partial charge in [0.1, 0.15) is 0 Å². The lowest BCUT2D eigenvalue weighted by Crippen LogP contribution is -2.19. The fraction of sp³-hybridized carbons (Fsp3) is 0.130. The van der Waals surface area contributed by atoms with Crippen LogP contribution < -0.4 is 4.90 Å². The van der Waals surface area contributed by atoms with E-state index in [1.807, 2.05) is 0 Å². The van der Waals surface area contributed by atoms with E-state index in [1.165, 1.54) is 128 Å². The van der Waals surface area contributed by atoms with Gasteiger partial charge >= 0.3 is 0 Å². The molecule has 0 aliphatic heterocycles. The van der Waals surface area contributed by atoms with Gasteiger partial charge < -0.3 is 4.90 Å². The summed E-state index contributed by atoms with van der Waals surface area (Å²) in [6.07, 6.45) is 0. The molecule has 0 spiro atoms. The molecule has 0 unspecified atom stereocenters. The van der Waals surface area contributed by atoms with E-state index < -0.39 is 0 Å². The monoisotopic (exact) mass is 897 g/mol. The molecule has 1 heteroatoms. The minimum atomic E-state index is -0.220. The number of nitrogens with zero attached hydrogens (tertiary/aromatic N) is 1. The second-order valence-corrected chi connectivity index (χ2v) is 21.4. The Balaban J connectivity index is 0.876. The lowest BCUT2D eigenvalue weighted by molar-refractivity contribution is 0.659. The lowest BCUT2D eigenvalue weighted by atomic mass is 9.81. The first-order chi connectivity index (χ1) is 33.9. The molecule has 0 amide bonds. The summed E-state index contributed by atoms with van der Waals surface area (Å²) in [6, 6.07) is 84.1. The third kappa shape index (κ3) is 6.45. The van der Waals surface area contributed by atoms with Crippen LogP contribution in [-0.4, -0.2) is 0 Å². The van der Waals surface area contributed by atoms with Gasteiger partial charge in [-0.25, -0.2) is 0 Å². The van der Waals surface area contributed by atoms with E-state index in [2.05, 4.69) is 271 Å². The highest BCUT2D eigenvalue weighted by atomic mass is 15.1. The van der Waals surface area contributed by atoms with E-state index in [1.54, 1.807) is 0 Å². The minimum absolute atomic E-state index is 0.126. The Morgan fingerprint density at radius 3 is 0.871 bits per heavy atom. The standard InChI is InChI=1S/C69H55N/c1-67(2)61-20-14-13-19-55(61)58-36-31-52(41-64(58)67)70(53-32-37-59-56-34-29-50(45-17-11-8-12-18-45)39-62(56)68(3,4)65(59)42-53)54-33-38-60-57-35-30-51(40-63(57)69(5,6)66(60)43-54)49-27-25-48(26-28-49)47-23-21-46(22-24-47)44-15-9-7-10-16-44/h7-43H,1-6H3. The quantitative estimate of drug-likeness (QED) is 0.154. The van der Waals surface area contributed by atoms with Crippen LogP contribution in [0.15, 0.2) is 224 Å². The van der Waals surface area contributed by atoms with Crippen molar-refractivity contribution in [3.63, 3.8) is 0 Å². The zero-order valence-electron chi connectivity index (χ0n) is 40.8. The molecule has 0 saturated carbocycles. The summed E-state index contributed by atoms with van der Waals surface area (Å²) >= 11 is 0. The van der Waals surface area contributed by atoms with Gasteiger partial charge in [0.2, 0.25) is 0 Å². The first-order valence-corrected chi connectivity index (χ1v) is 24.9. The van der Waals surface area contributed by atoms with Crippen molar-refractivity contribution in [2.75, 3.05) is 4.90 Å². The molecule has 0 fully saturated rings. The molecule has 0 saturated heterocycles. The van der Waals surface area contributed by atoms with Gasteiger partial charge in [-0.2, -0.15) is 0 Å². The molecule has 3 aliphatic carbocycles. The Kier molecular flexibility index (Phi) is 9.33. The average molecular weight is 898 g/mol. The predicted molar refractivity (Wildman–Crippen MR) is 296 cm³/mol. The van der Waals surface area contributed by atoms with Gasteiger partial charge in [-0.05, 0) is 160 Å². The van der Waals surface area contributed by atoms with Crippen LogP contribution in [0.5, 0.6) is 0 Å². The van der Waals surface area contributed by atoms with Crippen LogP contribution in [0.2, 0.25) is 0 Å². The zero-order valence-corrected chi connectivity index (χ0v) is 40.8. The second kappa shape index (κ2) is 15.5. The Bertz CT molecular complexity index is 3700. The van der Waals surface area contributed by atoms with Gasteiger partial charge in [0.05, 0.1) is 0 Å². The van der Waals surface area contributed by atoms with Crippen molar-refractivity contribution in [2.24, 2.45) is 0 Å². The maximum absolute atomic E-state index is 2.52. The predicted octanol–water partition coefficient (Wildman–Crippen LogP) is 18.7. The van der Waals surface area contributed by atoms with Gasteiger partial charge in [0.15, 0.2) is 0 Å². The number of rotatable bonds is 7. The van der Waals surface area contributed by atoms with Crippen molar-refractivity contribution < 1.29 is 0 Å². The van der Waals surface area contributed by atoms with E-state index in [9.17, 15) is 0 Å². The molecular weight excluding hydrogens is 843 g/mol. The van der Waals surface area contributed by atoms with Crippen LogP contribution in [0, 0.1) is 0 Å². The fourth-order valence-corrected chi connectivity index (χ4v) is 12.3. The van der Waals surface area contributed by atoms with E-state index in [-0.39, 0.29) is 16.2 Å². The van der Waals surface area contributed by atoms with Gasteiger partial charge in [0, 0.05) is 33.3 Å². The Morgan fingerprint density at radius 2 is 0.471 bits per heavy atom.